The van der Waals surface area contributed by atoms with E-state index in [0.29, 0.717) is 0 Å². The maximum absolute atomic E-state index is 5.54. The Morgan fingerprint density at radius 2 is 2.07 bits per heavy atom. The second kappa shape index (κ2) is 11.0. The van der Waals surface area contributed by atoms with Crippen LogP contribution in [0.3, 0.4) is 0 Å². The zero-order chi connectivity index (χ0) is 10.6. The molecule has 0 aromatic carbocycles. The summed E-state index contributed by atoms with van der Waals surface area (Å²) in [6.45, 7) is 5.95. The lowest BCUT2D eigenvalue weighted by molar-refractivity contribution is 0.199. The molecule has 0 aliphatic rings. The maximum Gasteiger partial charge on any atom is 0.0587 e. The van der Waals surface area contributed by atoms with Gasteiger partial charge in [0, 0.05) is 13.7 Å². The van der Waals surface area contributed by atoms with Gasteiger partial charge < -0.3 is 15.8 Å². The second-order valence-corrected chi connectivity index (χ2v) is 3.74. The Morgan fingerprint density at radius 1 is 1.29 bits per heavy atom. The lowest BCUT2D eigenvalue weighted by Crippen LogP contribution is -2.21. The zero-order valence-electron chi connectivity index (χ0n) is 9.72. The van der Waals surface area contributed by atoms with Crippen molar-refractivity contribution in [3.8, 4) is 0 Å². The highest BCUT2D eigenvalue weighted by Crippen LogP contribution is 2.13. The first-order valence-corrected chi connectivity index (χ1v) is 5.74. The van der Waals surface area contributed by atoms with E-state index < -0.39 is 0 Å². The molecule has 86 valence electrons. The predicted octanol–water partition coefficient (Wildman–Crippen LogP) is 1.38. The quantitative estimate of drug-likeness (QED) is 0.526. The molecule has 0 aromatic heterocycles. The van der Waals surface area contributed by atoms with Crippen LogP contribution in [0, 0.1) is 5.92 Å². The average Bonchev–Trinajstić information content (AvgIpc) is 2.21. The minimum Gasteiger partial charge on any atom is -0.383 e. The highest BCUT2D eigenvalue weighted by atomic mass is 16.5. The number of ether oxygens (including phenoxy) is 1. The summed E-state index contributed by atoms with van der Waals surface area (Å²) in [4.78, 5) is 0. The number of nitrogens with one attached hydrogen (secondary N) is 1. The molecule has 3 N–H and O–H groups in total. The van der Waals surface area contributed by atoms with Gasteiger partial charge in [0.1, 0.15) is 0 Å². The van der Waals surface area contributed by atoms with Gasteiger partial charge in [-0.2, -0.15) is 0 Å². The van der Waals surface area contributed by atoms with Crippen LogP contribution in [0.5, 0.6) is 0 Å². The fourth-order valence-electron chi connectivity index (χ4n) is 1.60. The first-order valence-electron chi connectivity index (χ1n) is 5.74. The van der Waals surface area contributed by atoms with Crippen molar-refractivity contribution in [2.45, 2.75) is 32.6 Å². The van der Waals surface area contributed by atoms with Gasteiger partial charge >= 0.3 is 0 Å². The number of rotatable bonds is 10. The van der Waals surface area contributed by atoms with E-state index >= 15 is 0 Å². The van der Waals surface area contributed by atoms with Crippen LogP contribution in [-0.4, -0.2) is 33.4 Å². The highest BCUT2D eigenvalue weighted by molar-refractivity contribution is 4.59. The van der Waals surface area contributed by atoms with Gasteiger partial charge in [-0.3, -0.25) is 0 Å². The standard InChI is InChI=1S/C11H26N2O/c1-3-11(6-7-12)5-4-8-13-9-10-14-2/h11,13H,3-10,12H2,1-2H3. The summed E-state index contributed by atoms with van der Waals surface area (Å²) in [5, 5.41) is 3.35. The molecular formula is C11H26N2O. The van der Waals surface area contributed by atoms with E-state index in [9.17, 15) is 0 Å². The summed E-state index contributed by atoms with van der Waals surface area (Å²) in [6, 6.07) is 0. The Labute approximate surface area is 88.4 Å². The SMILES string of the molecule is CCC(CCN)CCCNCCOC. The van der Waals surface area contributed by atoms with Crippen LogP contribution in [-0.2, 0) is 4.74 Å². The number of hydrogen-bond donors (Lipinski definition) is 2. The monoisotopic (exact) mass is 202 g/mol. The molecule has 3 nitrogen and oxygen atoms in total. The summed E-state index contributed by atoms with van der Waals surface area (Å²) >= 11 is 0. The molecule has 0 heterocycles. The third-order valence-corrected chi connectivity index (χ3v) is 2.60. The average molecular weight is 202 g/mol. The Balaban J connectivity index is 3.15. The van der Waals surface area contributed by atoms with Crippen molar-refractivity contribution >= 4 is 0 Å². The van der Waals surface area contributed by atoms with Crippen molar-refractivity contribution in [2.24, 2.45) is 11.7 Å². The lowest BCUT2D eigenvalue weighted by atomic mass is 9.97. The molecule has 0 aliphatic heterocycles. The Kier molecular flexibility index (Phi) is 10.9. The molecule has 0 bridgehead atoms. The Hall–Kier alpha value is -0.120. The smallest absolute Gasteiger partial charge is 0.0587 e. The van der Waals surface area contributed by atoms with E-state index in [4.69, 9.17) is 10.5 Å². The van der Waals surface area contributed by atoms with Crippen molar-refractivity contribution in [3.63, 3.8) is 0 Å². The van der Waals surface area contributed by atoms with Gasteiger partial charge in [-0.15, -0.1) is 0 Å². The lowest BCUT2D eigenvalue weighted by Gasteiger charge is -2.13. The molecular weight excluding hydrogens is 176 g/mol. The van der Waals surface area contributed by atoms with Gasteiger partial charge in [0.25, 0.3) is 0 Å². The van der Waals surface area contributed by atoms with Gasteiger partial charge in [-0.1, -0.05) is 13.3 Å². The largest absolute Gasteiger partial charge is 0.383 e. The fourth-order valence-corrected chi connectivity index (χ4v) is 1.60. The molecule has 3 heteroatoms. The molecule has 0 spiro atoms. The summed E-state index contributed by atoms with van der Waals surface area (Å²) in [7, 11) is 1.73. The van der Waals surface area contributed by atoms with Crippen LogP contribution in [0.4, 0.5) is 0 Å². The number of methoxy groups -OCH3 is 1. The molecule has 0 saturated heterocycles. The van der Waals surface area contributed by atoms with Crippen LogP contribution >= 0.6 is 0 Å². The van der Waals surface area contributed by atoms with Crippen molar-refractivity contribution < 1.29 is 4.74 Å². The third-order valence-electron chi connectivity index (χ3n) is 2.60. The van der Waals surface area contributed by atoms with Crippen LogP contribution < -0.4 is 11.1 Å². The van der Waals surface area contributed by atoms with E-state index in [1.54, 1.807) is 7.11 Å². The molecule has 0 aliphatic carbocycles. The van der Waals surface area contributed by atoms with Gasteiger partial charge in [-0.25, -0.2) is 0 Å². The van der Waals surface area contributed by atoms with Crippen molar-refractivity contribution in [3.05, 3.63) is 0 Å². The molecule has 0 saturated carbocycles. The zero-order valence-corrected chi connectivity index (χ0v) is 9.72. The first-order chi connectivity index (χ1) is 6.85. The summed E-state index contributed by atoms with van der Waals surface area (Å²) in [6.07, 6.45) is 4.99. The number of hydrogen-bond acceptors (Lipinski definition) is 3. The predicted molar refractivity (Wildman–Crippen MR) is 61.4 cm³/mol. The summed E-state index contributed by atoms with van der Waals surface area (Å²) in [5.74, 6) is 0.823. The van der Waals surface area contributed by atoms with Crippen LogP contribution in [0.2, 0.25) is 0 Å². The van der Waals surface area contributed by atoms with Gasteiger partial charge in [0.2, 0.25) is 0 Å². The molecule has 0 radical (unpaired) electrons. The van der Waals surface area contributed by atoms with Crippen LogP contribution in [0.15, 0.2) is 0 Å². The van der Waals surface area contributed by atoms with Crippen molar-refractivity contribution in [1.82, 2.24) is 5.32 Å². The molecule has 0 rings (SSSR count). The molecule has 0 fully saturated rings. The summed E-state index contributed by atoms with van der Waals surface area (Å²) < 4.78 is 4.95. The van der Waals surface area contributed by atoms with Crippen LogP contribution in [0.25, 0.3) is 0 Å². The molecule has 1 atom stereocenters. The molecule has 0 amide bonds. The Morgan fingerprint density at radius 3 is 2.64 bits per heavy atom. The highest BCUT2D eigenvalue weighted by Gasteiger charge is 2.03. The van der Waals surface area contributed by atoms with E-state index in [-0.39, 0.29) is 0 Å². The van der Waals surface area contributed by atoms with Crippen molar-refractivity contribution in [2.75, 3.05) is 33.4 Å². The van der Waals surface area contributed by atoms with Gasteiger partial charge in [0.05, 0.1) is 6.61 Å². The summed E-state index contributed by atoms with van der Waals surface area (Å²) in [5.41, 5.74) is 5.54. The normalized spacial score (nSPS) is 13.1. The minimum absolute atomic E-state index is 0.806. The minimum atomic E-state index is 0.806. The first kappa shape index (κ1) is 13.9. The fraction of sp³-hybridized carbons (Fsp3) is 1.00. The second-order valence-electron chi connectivity index (χ2n) is 3.74. The van der Waals surface area contributed by atoms with Gasteiger partial charge in [0.15, 0.2) is 0 Å². The molecule has 0 aromatic rings. The van der Waals surface area contributed by atoms with Crippen molar-refractivity contribution in [1.29, 1.82) is 0 Å². The topological polar surface area (TPSA) is 47.3 Å². The van der Waals surface area contributed by atoms with E-state index in [0.717, 1.165) is 32.2 Å². The van der Waals surface area contributed by atoms with Crippen LogP contribution in [0.1, 0.15) is 32.6 Å². The maximum atomic E-state index is 5.54. The van der Waals surface area contributed by atoms with E-state index in [1.807, 2.05) is 0 Å². The van der Waals surface area contributed by atoms with E-state index in [2.05, 4.69) is 12.2 Å². The Bertz CT molecular complexity index is 109. The third kappa shape index (κ3) is 8.48. The van der Waals surface area contributed by atoms with Gasteiger partial charge in [-0.05, 0) is 38.3 Å². The molecule has 1 unspecified atom stereocenters. The molecule has 14 heavy (non-hydrogen) atoms. The number of nitrogens with two attached hydrogens (primary N) is 1. The van der Waals surface area contributed by atoms with E-state index in [1.165, 1.54) is 25.7 Å².